The van der Waals surface area contributed by atoms with Gasteiger partial charge in [0.1, 0.15) is 10.3 Å². The van der Waals surface area contributed by atoms with Crippen LogP contribution in [0.25, 0.3) is 10.4 Å². The molecule has 0 spiro atoms. The molecule has 2 aromatic rings. The second kappa shape index (κ2) is 10.2. The van der Waals surface area contributed by atoms with Crippen LogP contribution >= 0.6 is 46.4 Å². The van der Waals surface area contributed by atoms with Crippen LogP contribution in [0, 0.1) is 0 Å². The molecule has 2 rings (SSSR count). The van der Waals surface area contributed by atoms with E-state index < -0.39 is 0 Å². The normalized spacial score (nSPS) is 9.48. The minimum absolute atomic E-state index is 0.0731. The van der Waals surface area contributed by atoms with Gasteiger partial charge in [0.25, 0.3) is 0 Å². The van der Waals surface area contributed by atoms with Crippen molar-refractivity contribution in [1.29, 1.82) is 0 Å². The van der Waals surface area contributed by atoms with Crippen LogP contribution in [0.1, 0.15) is 27.6 Å². The molecule has 0 fully saturated rings. The van der Waals surface area contributed by atoms with Crippen LogP contribution in [0.3, 0.4) is 0 Å². The average molecular weight is 421 g/mol. The molecule has 0 radical (unpaired) electrons. The second-order valence-electron chi connectivity index (χ2n) is 4.36. The molecule has 0 aromatic carbocycles. The van der Waals surface area contributed by atoms with E-state index in [1.54, 1.807) is 0 Å². The Labute approximate surface area is 162 Å². The van der Waals surface area contributed by atoms with Gasteiger partial charge in [-0.3, -0.25) is 9.59 Å². The van der Waals surface area contributed by atoms with Gasteiger partial charge in [0.15, 0.2) is 11.6 Å². The lowest BCUT2D eigenvalue weighted by molar-refractivity contribution is 0.0997. The van der Waals surface area contributed by atoms with E-state index in [4.69, 9.17) is 51.9 Å². The van der Waals surface area contributed by atoms with Crippen LogP contribution in [0.5, 0.6) is 0 Å². The Balaban J connectivity index is 0.000000257. The number of Topliss-reactive ketones (excluding diaryl/α,β-unsaturated/α-hetero) is 2. The summed E-state index contributed by atoms with van der Waals surface area (Å²) >= 11 is 22.3. The van der Waals surface area contributed by atoms with Crippen molar-refractivity contribution in [2.45, 2.75) is 6.92 Å². The number of hydrogen-bond acceptors (Lipinski definition) is 5. The van der Waals surface area contributed by atoms with Gasteiger partial charge in [-0.25, -0.2) is 9.97 Å². The quantitative estimate of drug-likeness (QED) is 0.214. The monoisotopic (exact) mass is 419 g/mol. The highest BCUT2D eigenvalue weighted by atomic mass is 35.5. The van der Waals surface area contributed by atoms with Gasteiger partial charge in [0.05, 0.1) is 16.6 Å². The predicted octanol–water partition coefficient (Wildman–Crippen LogP) is 5.47. The minimum Gasteiger partial charge on any atom is -0.294 e. The van der Waals surface area contributed by atoms with Crippen LogP contribution in [-0.2, 0) is 0 Å². The Morgan fingerprint density at radius 2 is 1.52 bits per heavy atom. The Bertz CT molecular complexity index is 853. The van der Waals surface area contributed by atoms with E-state index in [2.05, 4.69) is 20.0 Å². The van der Waals surface area contributed by atoms with E-state index >= 15 is 0 Å². The summed E-state index contributed by atoms with van der Waals surface area (Å²) in [5, 5.41) is 3.98. The zero-order chi connectivity index (χ0) is 19.0. The lowest BCUT2D eigenvalue weighted by Gasteiger charge is -1.98. The lowest BCUT2D eigenvalue weighted by Crippen LogP contribution is -2.03. The average Bonchev–Trinajstić information content (AvgIpc) is 2.58. The molecular formula is C14H9Cl4N5O2. The fourth-order valence-corrected chi connectivity index (χ4v) is 1.91. The van der Waals surface area contributed by atoms with Crippen molar-refractivity contribution in [2.24, 2.45) is 5.11 Å². The van der Waals surface area contributed by atoms with Crippen molar-refractivity contribution in [3.05, 3.63) is 66.4 Å². The second-order valence-corrected chi connectivity index (χ2v) is 5.89. The fourth-order valence-electron chi connectivity index (χ4n) is 1.37. The summed E-state index contributed by atoms with van der Waals surface area (Å²) in [5.74, 6) is -0.426. The van der Waals surface area contributed by atoms with E-state index in [9.17, 15) is 9.59 Å². The summed E-state index contributed by atoms with van der Waals surface area (Å²) in [6, 6.07) is 2.88. The van der Waals surface area contributed by atoms with Crippen molar-refractivity contribution in [2.75, 3.05) is 6.54 Å². The topological polar surface area (TPSA) is 109 Å². The smallest absolute Gasteiger partial charge is 0.170 e. The number of azide groups is 1. The number of carbonyl (C=O) groups is 2. The third-order valence-corrected chi connectivity index (χ3v) is 3.97. The molecule has 0 aliphatic carbocycles. The highest BCUT2D eigenvalue weighted by molar-refractivity contribution is 6.41. The molecule has 0 saturated carbocycles. The van der Waals surface area contributed by atoms with Crippen molar-refractivity contribution < 1.29 is 9.59 Å². The Hall–Kier alpha value is -1.89. The third kappa shape index (κ3) is 6.86. The minimum atomic E-state index is -0.353. The van der Waals surface area contributed by atoms with Gasteiger partial charge < -0.3 is 0 Å². The highest BCUT2D eigenvalue weighted by Gasteiger charge is 2.07. The van der Waals surface area contributed by atoms with Gasteiger partial charge in [0.2, 0.25) is 0 Å². The van der Waals surface area contributed by atoms with Crippen LogP contribution in [0.4, 0.5) is 0 Å². The van der Waals surface area contributed by atoms with Crippen molar-refractivity contribution in [3.8, 4) is 0 Å². The first-order valence-corrected chi connectivity index (χ1v) is 7.94. The number of nitrogens with zero attached hydrogens (tertiary/aromatic N) is 5. The molecule has 130 valence electrons. The van der Waals surface area contributed by atoms with Gasteiger partial charge in [0, 0.05) is 28.4 Å². The lowest BCUT2D eigenvalue weighted by atomic mass is 10.2. The van der Waals surface area contributed by atoms with Gasteiger partial charge in [-0.15, -0.1) is 0 Å². The molecule has 11 heteroatoms. The van der Waals surface area contributed by atoms with Crippen LogP contribution < -0.4 is 0 Å². The molecule has 0 N–H and O–H groups in total. The fraction of sp³-hybridized carbons (Fsp3) is 0.143. The van der Waals surface area contributed by atoms with Crippen LogP contribution in [-0.4, -0.2) is 28.1 Å². The number of carbonyl (C=O) groups excluding carboxylic acids is 2. The standard InChI is InChI=1S/C7H4Cl2N4O.C7H5Cl2NO/c8-5-1-4(2-11-7(5)9)6(14)3-12-13-10;1-4(11)5-2-6(8)7(9)10-3-5/h1-2H,3H2;2-3H,1H3. The number of pyridine rings is 2. The van der Waals surface area contributed by atoms with E-state index in [-0.39, 0.29) is 39.0 Å². The Kier molecular flexibility index (Phi) is 8.61. The molecule has 0 unspecified atom stereocenters. The van der Waals surface area contributed by atoms with Crippen molar-refractivity contribution in [1.82, 2.24) is 9.97 Å². The maximum absolute atomic E-state index is 11.3. The molecule has 25 heavy (non-hydrogen) atoms. The molecular weight excluding hydrogens is 412 g/mol. The number of halogens is 4. The number of aromatic nitrogens is 2. The zero-order valence-electron chi connectivity index (χ0n) is 12.6. The molecule has 0 bridgehead atoms. The van der Waals surface area contributed by atoms with E-state index in [1.807, 2.05) is 0 Å². The molecule has 0 atom stereocenters. The molecule has 7 nitrogen and oxygen atoms in total. The first-order valence-electron chi connectivity index (χ1n) is 6.43. The molecule has 0 amide bonds. The summed E-state index contributed by atoms with van der Waals surface area (Å²) in [5.41, 5.74) is 8.75. The zero-order valence-corrected chi connectivity index (χ0v) is 15.6. The molecule has 2 heterocycles. The van der Waals surface area contributed by atoms with E-state index in [1.165, 1.54) is 31.5 Å². The predicted molar refractivity (Wildman–Crippen MR) is 96.9 cm³/mol. The van der Waals surface area contributed by atoms with Crippen molar-refractivity contribution in [3.63, 3.8) is 0 Å². The Morgan fingerprint density at radius 3 is 1.96 bits per heavy atom. The van der Waals surface area contributed by atoms with Crippen LogP contribution in [0.2, 0.25) is 20.4 Å². The Morgan fingerprint density at radius 1 is 1.04 bits per heavy atom. The van der Waals surface area contributed by atoms with Gasteiger partial charge in [-0.05, 0) is 24.6 Å². The summed E-state index contributed by atoms with van der Waals surface area (Å²) < 4.78 is 0. The number of rotatable bonds is 4. The third-order valence-electron chi connectivity index (χ3n) is 2.60. The number of ketones is 2. The molecule has 0 aliphatic heterocycles. The van der Waals surface area contributed by atoms with Crippen LogP contribution in [0.15, 0.2) is 29.6 Å². The molecule has 0 aliphatic rings. The summed E-state index contributed by atoms with van der Waals surface area (Å²) in [6.07, 6.45) is 2.68. The maximum Gasteiger partial charge on any atom is 0.170 e. The van der Waals surface area contributed by atoms with E-state index in [0.29, 0.717) is 10.6 Å². The summed E-state index contributed by atoms with van der Waals surface area (Å²) in [4.78, 5) is 31.9. The van der Waals surface area contributed by atoms with Crippen molar-refractivity contribution >= 4 is 58.0 Å². The maximum atomic E-state index is 11.3. The first-order chi connectivity index (χ1) is 11.8. The van der Waals surface area contributed by atoms with Gasteiger partial charge >= 0.3 is 0 Å². The summed E-state index contributed by atoms with van der Waals surface area (Å²) in [7, 11) is 0. The summed E-state index contributed by atoms with van der Waals surface area (Å²) in [6.45, 7) is 1.19. The number of hydrogen-bond donors (Lipinski definition) is 0. The van der Waals surface area contributed by atoms with E-state index in [0.717, 1.165) is 0 Å². The highest BCUT2D eigenvalue weighted by Crippen LogP contribution is 2.20. The SMILES string of the molecule is CC(=O)c1cnc(Cl)c(Cl)c1.[N-]=[N+]=NCC(=O)c1cnc(Cl)c(Cl)c1. The first kappa shape index (κ1) is 21.2. The largest absolute Gasteiger partial charge is 0.294 e. The van der Waals surface area contributed by atoms with Gasteiger partial charge in [-0.1, -0.05) is 51.5 Å². The van der Waals surface area contributed by atoms with Gasteiger partial charge in [-0.2, -0.15) is 0 Å². The molecule has 2 aromatic heterocycles. The molecule has 0 saturated heterocycles.